The highest BCUT2D eigenvalue weighted by atomic mass is 19.3. The molecule has 0 bridgehead atoms. The Bertz CT molecular complexity index is 283. The van der Waals surface area contributed by atoms with Crippen LogP contribution in [-0.4, -0.2) is 36.2 Å². The SMILES string of the molecule is CC1CCCC(N(C)C(=O)C(F)(F)C(F)F)C1. The number of rotatable bonds is 3. The van der Waals surface area contributed by atoms with E-state index in [4.69, 9.17) is 0 Å². The topological polar surface area (TPSA) is 20.3 Å². The summed E-state index contributed by atoms with van der Waals surface area (Å²) in [5.74, 6) is -6.01. The fourth-order valence-corrected chi connectivity index (χ4v) is 2.25. The zero-order valence-electron chi connectivity index (χ0n) is 9.93. The third kappa shape index (κ3) is 3.10. The van der Waals surface area contributed by atoms with Crippen LogP contribution in [0.25, 0.3) is 0 Å². The molecule has 1 aliphatic rings. The second-order valence-electron chi connectivity index (χ2n) is 4.77. The van der Waals surface area contributed by atoms with Crippen LogP contribution in [0, 0.1) is 5.92 Å². The maximum atomic E-state index is 12.9. The van der Waals surface area contributed by atoms with E-state index in [0.717, 1.165) is 17.7 Å². The number of carbonyl (C=O) groups excluding carboxylic acids is 1. The molecule has 0 heterocycles. The largest absolute Gasteiger partial charge is 0.383 e. The quantitative estimate of drug-likeness (QED) is 0.710. The van der Waals surface area contributed by atoms with E-state index in [1.807, 2.05) is 6.92 Å². The lowest BCUT2D eigenvalue weighted by molar-refractivity contribution is -0.182. The summed E-state index contributed by atoms with van der Waals surface area (Å²) >= 11 is 0. The number of hydrogen-bond donors (Lipinski definition) is 0. The number of alkyl halides is 4. The molecule has 0 spiro atoms. The average molecular weight is 255 g/mol. The monoisotopic (exact) mass is 255 g/mol. The molecule has 0 N–H and O–H groups in total. The van der Waals surface area contributed by atoms with Crippen molar-refractivity contribution in [2.75, 3.05) is 7.05 Å². The second kappa shape index (κ2) is 5.23. The van der Waals surface area contributed by atoms with Crippen LogP contribution in [0.4, 0.5) is 17.6 Å². The molecule has 17 heavy (non-hydrogen) atoms. The molecule has 2 unspecified atom stereocenters. The number of halogens is 4. The Morgan fingerprint density at radius 3 is 2.41 bits per heavy atom. The number of hydrogen-bond acceptors (Lipinski definition) is 1. The molecule has 0 radical (unpaired) electrons. The summed E-state index contributed by atoms with van der Waals surface area (Å²) in [7, 11) is 1.18. The van der Waals surface area contributed by atoms with E-state index in [0.29, 0.717) is 18.8 Å². The van der Waals surface area contributed by atoms with Crippen LogP contribution in [0.2, 0.25) is 0 Å². The van der Waals surface area contributed by atoms with Crippen LogP contribution in [-0.2, 0) is 4.79 Å². The first-order valence-corrected chi connectivity index (χ1v) is 5.70. The summed E-state index contributed by atoms with van der Waals surface area (Å²) in [5, 5.41) is 0. The van der Waals surface area contributed by atoms with Gasteiger partial charge in [0, 0.05) is 13.1 Å². The molecule has 2 atom stereocenters. The van der Waals surface area contributed by atoms with E-state index in [1.165, 1.54) is 7.05 Å². The van der Waals surface area contributed by atoms with Gasteiger partial charge in [0.25, 0.3) is 5.91 Å². The minimum Gasteiger partial charge on any atom is -0.337 e. The first-order chi connectivity index (χ1) is 7.76. The van der Waals surface area contributed by atoms with Crippen LogP contribution in [0.15, 0.2) is 0 Å². The number of nitrogens with zero attached hydrogens (tertiary/aromatic N) is 1. The lowest BCUT2D eigenvalue weighted by atomic mass is 9.86. The van der Waals surface area contributed by atoms with Crippen LogP contribution in [0.5, 0.6) is 0 Å². The molecule has 0 aliphatic heterocycles. The predicted octanol–water partition coefficient (Wildman–Crippen LogP) is 2.92. The fourth-order valence-electron chi connectivity index (χ4n) is 2.25. The summed E-state index contributed by atoms with van der Waals surface area (Å²) in [4.78, 5) is 12.1. The number of amides is 1. The molecule has 1 saturated carbocycles. The van der Waals surface area contributed by atoms with Crippen LogP contribution in [0.3, 0.4) is 0 Å². The van der Waals surface area contributed by atoms with Gasteiger partial charge in [0.15, 0.2) is 0 Å². The van der Waals surface area contributed by atoms with Gasteiger partial charge in [0.1, 0.15) is 0 Å². The van der Waals surface area contributed by atoms with E-state index in [2.05, 4.69) is 0 Å². The average Bonchev–Trinajstić information content (AvgIpc) is 2.26. The van der Waals surface area contributed by atoms with Crippen molar-refractivity contribution in [2.45, 2.75) is 51.0 Å². The highest BCUT2D eigenvalue weighted by Crippen LogP contribution is 2.31. The van der Waals surface area contributed by atoms with Crippen molar-refractivity contribution < 1.29 is 22.4 Å². The van der Waals surface area contributed by atoms with E-state index >= 15 is 0 Å². The van der Waals surface area contributed by atoms with Gasteiger partial charge in [-0.1, -0.05) is 19.8 Å². The standard InChI is InChI=1S/C11H17F4NO/c1-7-4-3-5-8(6-7)16(2)10(17)11(14,15)9(12)13/h7-9H,3-6H2,1-2H3. The van der Waals surface area contributed by atoms with Crippen molar-refractivity contribution in [1.29, 1.82) is 0 Å². The highest BCUT2D eigenvalue weighted by Gasteiger charge is 2.51. The van der Waals surface area contributed by atoms with E-state index in [9.17, 15) is 22.4 Å². The summed E-state index contributed by atoms with van der Waals surface area (Å²) in [6.07, 6.45) is -0.917. The zero-order valence-corrected chi connectivity index (χ0v) is 9.93. The Labute approximate surface area is 98.0 Å². The molecule has 100 valence electrons. The van der Waals surface area contributed by atoms with Crippen LogP contribution >= 0.6 is 0 Å². The fraction of sp³-hybridized carbons (Fsp3) is 0.909. The lowest BCUT2D eigenvalue weighted by Gasteiger charge is -2.35. The maximum absolute atomic E-state index is 12.9. The van der Waals surface area contributed by atoms with Gasteiger partial charge in [0.2, 0.25) is 0 Å². The molecule has 1 aliphatic carbocycles. The smallest absolute Gasteiger partial charge is 0.337 e. The molecular weight excluding hydrogens is 238 g/mol. The second-order valence-corrected chi connectivity index (χ2v) is 4.77. The Hall–Kier alpha value is -0.810. The van der Waals surface area contributed by atoms with Crippen molar-refractivity contribution in [1.82, 2.24) is 4.90 Å². The van der Waals surface area contributed by atoms with Crippen molar-refractivity contribution in [2.24, 2.45) is 5.92 Å². The zero-order chi connectivity index (χ0) is 13.2. The van der Waals surface area contributed by atoms with Gasteiger partial charge in [0.05, 0.1) is 0 Å². The highest BCUT2D eigenvalue weighted by molar-refractivity contribution is 5.84. The van der Waals surface area contributed by atoms with Gasteiger partial charge in [-0.2, -0.15) is 8.78 Å². The molecule has 0 saturated heterocycles. The molecule has 0 aromatic carbocycles. The first kappa shape index (κ1) is 14.3. The van der Waals surface area contributed by atoms with Gasteiger partial charge in [-0.05, 0) is 18.8 Å². The molecular formula is C11H17F4NO. The van der Waals surface area contributed by atoms with Crippen LogP contribution in [0.1, 0.15) is 32.6 Å². The molecule has 1 fully saturated rings. The minimum atomic E-state index is -4.57. The molecule has 6 heteroatoms. The van der Waals surface area contributed by atoms with Gasteiger partial charge in [-0.3, -0.25) is 4.79 Å². The third-order valence-electron chi connectivity index (χ3n) is 3.34. The number of carbonyl (C=O) groups is 1. The Morgan fingerprint density at radius 1 is 1.35 bits per heavy atom. The summed E-state index contributed by atoms with van der Waals surface area (Å²) in [6, 6.07) is -0.351. The molecule has 1 rings (SSSR count). The Morgan fingerprint density at radius 2 is 1.94 bits per heavy atom. The van der Waals surface area contributed by atoms with Gasteiger partial charge < -0.3 is 4.90 Å². The summed E-state index contributed by atoms with van der Waals surface area (Å²) in [6.45, 7) is 1.97. The molecule has 2 nitrogen and oxygen atoms in total. The minimum absolute atomic E-state index is 0.337. The first-order valence-electron chi connectivity index (χ1n) is 5.70. The summed E-state index contributed by atoms with van der Waals surface area (Å²) < 4.78 is 49.9. The van der Waals surface area contributed by atoms with Crippen molar-refractivity contribution >= 4 is 5.91 Å². The van der Waals surface area contributed by atoms with Crippen molar-refractivity contribution in [3.63, 3.8) is 0 Å². The van der Waals surface area contributed by atoms with Crippen LogP contribution < -0.4 is 0 Å². The van der Waals surface area contributed by atoms with Gasteiger partial charge in [-0.15, -0.1) is 0 Å². The normalized spacial score (nSPS) is 26.1. The lowest BCUT2D eigenvalue weighted by Crippen LogP contribution is -2.50. The summed E-state index contributed by atoms with van der Waals surface area (Å²) in [5.41, 5.74) is 0. The molecule has 1 amide bonds. The van der Waals surface area contributed by atoms with E-state index in [1.54, 1.807) is 0 Å². The molecule has 0 aromatic heterocycles. The maximum Gasteiger partial charge on any atom is 0.383 e. The third-order valence-corrected chi connectivity index (χ3v) is 3.34. The predicted molar refractivity (Wildman–Crippen MR) is 55.1 cm³/mol. The van der Waals surface area contributed by atoms with Crippen molar-refractivity contribution in [3.8, 4) is 0 Å². The van der Waals surface area contributed by atoms with Crippen molar-refractivity contribution in [3.05, 3.63) is 0 Å². The molecule has 0 aromatic rings. The van der Waals surface area contributed by atoms with E-state index in [-0.39, 0.29) is 6.04 Å². The Kier molecular flexibility index (Phi) is 4.38. The van der Waals surface area contributed by atoms with Gasteiger partial charge >= 0.3 is 12.3 Å². The van der Waals surface area contributed by atoms with Gasteiger partial charge in [-0.25, -0.2) is 8.78 Å². The Balaban J connectivity index is 2.69. The van der Waals surface area contributed by atoms with E-state index < -0.39 is 18.3 Å².